The lowest BCUT2D eigenvalue weighted by molar-refractivity contribution is -0.123. The van der Waals surface area contributed by atoms with Crippen LogP contribution in [0.5, 0.6) is 0 Å². The predicted molar refractivity (Wildman–Crippen MR) is 108 cm³/mol. The molecule has 0 fully saturated rings. The molecule has 2 rings (SSSR count). The van der Waals surface area contributed by atoms with E-state index in [4.69, 9.17) is 4.74 Å². The third-order valence-electron chi connectivity index (χ3n) is 4.73. The summed E-state index contributed by atoms with van der Waals surface area (Å²) in [4.78, 5) is 16.6. The first kappa shape index (κ1) is 19.7. The number of amides is 1. The average Bonchev–Trinajstić information content (AvgIpc) is 2.92. The Balaban J connectivity index is 2.16. The topological polar surface area (TPSA) is 50.7 Å². The SMILES string of the molecule is C=C(NC(=O)C(C)CC)C(C)c1ccc(C2=C(OC)C=CCC=N2)cc1. The summed E-state index contributed by atoms with van der Waals surface area (Å²) in [5, 5.41) is 2.94. The Morgan fingerprint density at radius 1 is 1.31 bits per heavy atom. The number of carbonyl (C=O) groups is 1. The Morgan fingerprint density at radius 3 is 2.62 bits per heavy atom. The zero-order valence-corrected chi connectivity index (χ0v) is 16.1. The molecule has 0 saturated heterocycles. The molecule has 0 aliphatic carbocycles. The van der Waals surface area contributed by atoms with E-state index < -0.39 is 0 Å². The summed E-state index contributed by atoms with van der Waals surface area (Å²) >= 11 is 0. The second kappa shape index (κ2) is 9.18. The van der Waals surface area contributed by atoms with E-state index in [1.807, 2.05) is 63.4 Å². The van der Waals surface area contributed by atoms with Gasteiger partial charge >= 0.3 is 0 Å². The second-order valence-corrected chi connectivity index (χ2v) is 6.53. The van der Waals surface area contributed by atoms with Crippen molar-refractivity contribution in [2.75, 3.05) is 7.11 Å². The van der Waals surface area contributed by atoms with E-state index in [2.05, 4.69) is 16.9 Å². The van der Waals surface area contributed by atoms with Crippen LogP contribution in [0.25, 0.3) is 5.70 Å². The molecule has 138 valence electrons. The molecule has 1 amide bonds. The first-order chi connectivity index (χ1) is 12.5. The van der Waals surface area contributed by atoms with Gasteiger partial charge in [0.2, 0.25) is 5.91 Å². The minimum absolute atomic E-state index is 0.0121. The van der Waals surface area contributed by atoms with Crippen LogP contribution < -0.4 is 5.32 Å². The highest BCUT2D eigenvalue weighted by Gasteiger charge is 2.16. The lowest BCUT2D eigenvalue weighted by Gasteiger charge is -2.19. The van der Waals surface area contributed by atoms with E-state index in [9.17, 15) is 4.79 Å². The largest absolute Gasteiger partial charge is 0.494 e. The molecule has 2 unspecified atom stereocenters. The van der Waals surface area contributed by atoms with Crippen LogP contribution in [0.3, 0.4) is 0 Å². The van der Waals surface area contributed by atoms with Crippen molar-refractivity contribution in [2.24, 2.45) is 10.9 Å². The van der Waals surface area contributed by atoms with E-state index in [0.717, 1.165) is 41.1 Å². The summed E-state index contributed by atoms with van der Waals surface area (Å²) in [6, 6.07) is 8.15. The number of hydrogen-bond donors (Lipinski definition) is 1. The molecule has 0 aromatic heterocycles. The van der Waals surface area contributed by atoms with Crippen LogP contribution in [0, 0.1) is 5.92 Å². The Morgan fingerprint density at radius 2 is 2.00 bits per heavy atom. The van der Waals surface area contributed by atoms with E-state index in [-0.39, 0.29) is 17.7 Å². The maximum atomic E-state index is 12.1. The number of nitrogens with one attached hydrogen (secondary N) is 1. The smallest absolute Gasteiger partial charge is 0.226 e. The molecule has 4 heteroatoms. The van der Waals surface area contributed by atoms with E-state index in [0.29, 0.717) is 0 Å². The van der Waals surface area contributed by atoms with Gasteiger partial charge in [0, 0.05) is 35.7 Å². The third kappa shape index (κ3) is 4.72. The standard InChI is InChI=1S/C22H28N2O2/c1-6-15(2)22(25)24-17(4)16(3)18-10-12-19(13-11-18)21-20(26-5)9-7-8-14-23-21/h7,9-16H,4,6,8H2,1-3,5H3,(H,24,25). The second-order valence-electron chi connectivity index (χ2n) is 6.53. The molecule has 0 spiro atoms. The zero-order valence-electron chi connectivity index (χ0n) is 16.1. The number of aliphatic imine (C=N–C) groups is 1. The molecule has 1 N–H and O–H groups in total. The summed E-state index contributed by atoms with van der Waals surface area (Å²) in [5.41, 5.74) is 3.63. The number of nitrogens with zero attached hydrogens (tertiary/aromatic N) is 1. The molecule has 1 aromatic carbocycles. The number of allylic oxidation sites excluding steroid dienone is 3. The fraction of sp³-hybridized carbons (Fsp3) is 0.364. The van der Waals surface area contributed by atoms with Crippen molar-refractivity contribution < 1.29 is 9.53 Å². The van der Waals surface area contributed by atoms with Crippen LogP contribution in [0.2, 0.25) is 0 Å². The van der Waals surface area contributed by atoms with Crippen molar-refractivity contribution in [1.82, 2.24) is 5.32 Å². The van der Waals surface area contributed by atoms with Gasteiger partial charge in [0.25, 0.3) is 0 Å². The molecule has 1 aliphatic rings. The van der Waals surface area contributed by atoms with Crippen LogP contribution in [0.15, 0.2) is 59.4 Å². The molecular formula is C22H28N2O2. The molecule has 1 heterocycles. The number of ether oxygens (including phenoxy) is 1. The first-order valence-electron chi connectivity index (χ1n) is 9.05. The van der Waals surface area contributed by atoms with Crippen LogP contribution in [0.1, 0.15) is 50.7 Å². The highest BCUT2D eigenvalue weighted by Crippen LogP contribution is 2.27. The van der Waals surface area contributed by atoms with Crippen LogP contribution in [-0.4, -0.2) is 19.2 Å². The molecule has 4 nitrogen and oxygen atoms in total. The van der Waals surface area contributed by atoms with Gasteiger partial charge in [-0.2, -0.15) is 0 Å². The van der Waals surface area contributed by atoms with Gasteiger partial charge in [0.15, 0.2) is 0 Å². The van der Waals surface area contributed by atoms with Gasteiger partial charge in [0.1, 0.15) is 11.5 Å². The third-order valence-corrected chi connectivity index (χ3v) is 4.73. The summed E-state index contributed by atoms with van der Waals surface area (Å²) in [6.07, 6.45) is 7.46. The lowest BCUT2D eigenvalue weighted by atomic mass is 9.96. The molecule has 0 bridgehead atoms. The van der Waals surface area contributed by atoms with E-state index in [1.54, 1.807) is 7.11 Å². The normalized spacial score (nSPS) is 16.0. The van der Waals surface area contributed by atoms with Crippen molar-refractivity contribution in [1.29, 1.82) is 0 Å². The minimum Gasteiger partial charge on any atom is -0.494 e. The quantitative estimate of drug-likeness (QED) is 0.765. The summed E-state index contributed by atoms with van der Waals surface area (Å²) < 4.78 is 5.45. The van der Waals surface area contributed by atoms with Gasteiger partial charge < -0.3 is 10.1 Å². The zero-order chi connectivity index (χ0) is 19.1. The van der Waals surface area contributed by atoms with Crippen molar-refractivity contribution in [3.63, 3.8) is 0 Å². The minimum atomic E-state index is -0.0121. The molecule has 2 atom stereocenters. The number of benzene rings is 1. The van der Waals surface area contributed by atoms with Gasteiger partial charge in [-0.05, 0) is 18.1 Å². The maximum absolute atomic E-state index is 12.1. The van der Waals surface area contributed by atoms with Crippen LogP contribution in [-0.2, 0) is 9.53 Å². The molecule has 26 heavy (non-hydrogen) atoms. The highest BCUT2D eigenvalue weighted by molar-refractivity contribution is 5.80. The molecule has 0 saturated carbocycles. The predicted octanol–water partition coefficient (Wildman–Crippen LogP) is 4.81. The Kier molecular flexibility index (Phi) is 6.96. The van der Waals surface area contributed by atoms with Crippen molar-refractivity contribution >= 4 is 17.8 Å². The van der Waals surface area contributed by atoms with Gasteiger partial charge in [-0.15, -0.1) is 0 Å². The fourth-order valence-corrected chi connectivity index (χ4v) is 2.61. The number of methoxy groups -OCH3 is 1. The number of hydrogen-bond acceptors (Lipinski definition) is 3. The maximum Gasteiger partial charge on any atom is 0.226 e. The fourth-order valence-electron chi connectivity index (χ4n) is 2.61. The molecular weight excluding hydrogens is 324 g/mol. The monoisotopic (exact) mass is 352 g/mol. The van der Waals surface area contributed by atoms with Gasteiger partial charge in [0.05, 0.1) is 7.11 Å². The van der Waals surface area contributed by atoms with Gasteiger partial charge in [-0.3, -0.25) is 9.79 Å². The summed E-state index contributed by atoms with van der Waals surface area (Å²) in [7, 11) is 1.65. The van der Waals surface area contributed by atoms with E-state index in [1.165, 1.54) is 0 Å². The van der Waals surface area contributed by atoms with Crippen molar-refractivity contribution in [3.8, 4) is 0 Å². The Labute approximate surface area is 156 Å². The van der Waals surface area contributed by atoms with Gasteiger partial charge in [-0.25, -0.2) is 0 Å². The molecule has 0 radical (unpaired) electrons. The van der Waals surface area contributed by atoms with Crippen LogP contribution >= 0.6 is 0 Å². The van der Waals surface area contributed by atoms with Crippen molar-refractivity contribution in [2.45, 2.75) is 39.5 Å². The van der Waals surface area contributed by atoms with Crippen LogP contribution in [0.4, 0.5) is 0 Å². The Hall–Kier alpha value is -2.62. The lowest BCUT2D eigenvalue weighted by Crippen LogP contribution is -2.29. The van der Waals surface area contributed by atoms with Crippen molar-refractivity contribution in [3.05, 3.63) is 65.6 Å². The number of rotatable bonds is 7. The Bertz CT molecular complexity index is 742. The first-order valence-corrected chi connectivity index (χ1v) is 9.05. The van der Waals surface area contributed by atoms with E-state index >= 15 is 0 Å². The molecule has 1 aromatic rings. The van der Waals surface area contributed by atoms with Gasteiger partial charge in [-0.1, -0.05) is 57.7 Å². The molecule has 1 aliphatic heterocycles. The average molecular weight is 352 g/mol. The number of carbonyl (C=O) groups excluding carboxylic acids is 1. The summed E-state index contributed by atoms with van der Waals surface area (Å²) in [6.45, 7) is 10.0. The highest BCUT2D eigenvalue weighted by atomic mass is 16.5. The summed E-state index contributed by atoms with van der Waals surface area (Å²) in [5.74, 6) is 0.799.